The summed E-state index contributed by atoms with van der Waals surface area (Å²) in [7, 11) is 0. The maximum Gasteiger partial charge on any atom is 0.284 e. The summed E-state index contributed by atoms with van der Waals surface area (Å²) in [6.07, 6.45) is 1.47. The van der Waals surface area contributed by atoms with Crippen molar-refractivity contribution in [1.82, 2.24) is 4.98 Å². The van der Waals surface area contributed by atoms with Crippen molar-refractivity contribution >= 4 is 34.8 Å². The number of halogens is 1. The standard InChI is InChI=1S/C13H8ClN3O2/c14-7-3-4-9(15)10(6-7)17-12(18)8-2-1-5-16-11(8)13(17)19/h1-6H,15H2. The van der Waals surface area contributed by atoms with Gasteiger partial charge in [-0.15, -0.1) is 0 Å². The van der Waals surface area contributed by atoms with Gasteiger partial charge in [-0.3, -0.25) is 14.6 Å². The number of anilines is 2. The lowest BCUT2D eigenvalue weighted by molar-refractivity contribution is 0.0925. The van der Waals surface area contributed by atoms with Crippen LogP contribution in [0.5, 0.6) is 0 Å². The molecule has 0 unspecified atom stereocenters. The Balaban J connectivity index is 2.17. The number of aromatic nitrogens is 1. The second kappa shape index (κ2) is 4.07. The van der Waals surface area contributed by atoms with E-state index in [9.17, 15) is 9.59 Å². The summed E-state index contributed by atoms with van der Waals surface area (Å²) in [6.45, 7) is 0. The molecule has 3 rings (SSSR count). The molecule has 1 aromatic heterocycles. The average Bonchev–Trinajstić information content (AvgIpc) is 2.66. The van der Waals surface area contributed by atoms with Crippen molar-refractivity contribution in [3.63, 3.8) is 0 Å². The van der Waals surface area contributed by atoms with Gasteiger partial charge in [0.2, 0.25) is 0 Å². The van der Waals surface area contributed by atoms with Crippen molar-refractivity contribution in [1.29, 1.82) is 0 Å². The number of pyridine rings is 1. The number of hydrogen-bond acceptors (Lipinski definition) is 4. The summed E-state index contributed by atoms with van der Waals surface area (Å²) >= 11 is 5.88. The number of amides is 2. The van der Waals surface area contributed by atoms with E-state index in [-0.39, 0.29) is 16.9 Å². The van der Waals surface area contributed by atoms with Gasteiger partial charge in [0, 0.05) is 11.2 Å². The molecule has 0 fully saturated rings. The summed E-state index contributed by atoms with van der Waals surface area (Å²) in [4.78, 5) is 29.4. The minimum atomic E-state index is -0.491. The third kappa shape index (κ3) is 1.67. The molecule has 0 atom stereocenters. The Morgan fingerprint density at radius 1 is 1.16 bits per heavy atom. The number of carbonyl (C=O) groups excluding carboxylic acids is 2. The lowest BCUT2D eigenvalue weighted by Gasteiger charge is -2.16. The maximum atomic E-state index is 12.2. The Bertz CT molecular complexity index is 680. The number of nitrogen functional groups attached to an aromatic ring is 1. The van der Waals surface area contributed by atoms with Gasteiger partial charge in [0.1, 0.15) is 5.69 Å². The molecule has 1 aliphatic heterocycles. The van der Waals surface area contributed by atoms with E-state index >= 15 is 0 Å². The summed E-state index contributed by atoms with van der Waals surface area (Å²) in [5.41, 5.74) is 6.79. The zero-order valence-electron chi connectivity index (χ0n) is 9.63. The van der Waals surface area contributed by atoms with Crippen molar-refractivity contribution in [3.05, 3.63) is 52.8 Å². The Hall–Kier alpha value is -2.40. The lowest BCUT2D eigenvalue weighted by Crippen LogP contribution is -2.30. The van der Waals surface area contributed by atoms with Gasteiger partial charge in [-0.2, -0.15) is 0 Å². The van der Waals surface area contributed by atoms with E-state index in [1.165, 1.54) is 12.3 Å². The number of carbonyl (C=O) groups is 2. The Morgan fingerprint density at radius 2 is 1.95 bits per heavy atom. The van der Waals surface area contributed by atoms with Crippen LogP contribution in [0.15, 0.2) is 36.5 Å². The largest absolute Gasteiger partial charge is 0.397 e. The van der Waals surface area contributed by atoms with E-state index in [0.29, 0.717) is 10.7 Å². The summed E-state index contributed by atoms with van der Waals surface area (Å²) < 4.78 is 0. The molecular formula is C13H8ClN3O2. The van der Waals surface area contributed by atoms with Crippen molar-refractivity contribution in [2.75, 3.05) is 10.6 Å². The molecule has 0 bridgehead atoms. The fourth-order valence-electron chi connectivity index (χ4n) is 2.00. The highest BCUT2D eigenvalue weighted by Gasteiger charge is 2.38. The molecule has 94 valence electrons. The first-order chi connectivity index (χ1) is 9.09. The number of fused-ring (bicyclic) bond motifs is 1. The van der Waals surface area contributed by atoms with Crippen LogP contribution in [0.1, 0.15) is 20.8 Å². The number of nitrogens with zero attached hydrogens (tertiary/aromatic N) is 2. The van der Waals surface area contributed by atoms with Gasteiger partial charge in [0.15, 0.2) is 0 Å². The molecule has 0 aliphatic carbocycles. The van der Waals surface area contributed by atoms with Crippen molar-refractivity contribution in [3.8, 4) is 0 Å². The minimum absolute atomic E-state index is 0.131. The monoisotopic (exact) mass is 273 g/mol. The molecule has 6 heteroatoms. The number of benzene rings is 1. The first kappa shape index (κ1) is 11.7. The molecule has 1 aromatic carbocycles. The predicted molar refractivity (Wildman–Crippen MR) is 71.2 cm³/mol. The van der Waals surface area contributed by atoms with Crippen LogP contribution in [-0.2, 0) is 0 Å². The highest BCUT2D eigenvalue weighted by atomic mass is 35.5. The topological polar surface area (TPSA) is 76.3 Å². The van der Waals surface area contributed by atoms with Crippen molar-refractivity contribution < 1.29 is 9.59 Å². The Labute approximate surface area is 113 Å². The van der Waals surface area contributed by atoms with Crippen LogP contribution >= 0.6 is 11.6 Å². The number of rotatable bonds is 1. The summed E-state index contributed by atoms with van der Waals surface area (Å²) in [5.74, 6) is -0.934. The van der Waals surface area contributed by atoms with Crippen molar-refractivity contribution in [2.24, 2.45) is 0 Å². The first-order valence-corrected chi connectivity index (χ1v) is 5.86. The Morgan fingerprint density at radius 3 is 2.68 bits per heavy atom. The van der Waals surface area contributed by atoms with Crippen LogP contribution < -0.4 is 10.6 Å². The van der Waals surface area contributed by atoms with Gasteiger partial charge in [-0.05, 0) is 30.3 Å². The van der Waals surface area contributed by atoms with Gasteiger partial charge in [-0.25, -0.2) is 4.90 Å². The van der Waals surface area contributed by atoms with Gasteiger partial charge in [0.25, 0.3) is 11.8 Å². The van der Waals surface area contributed by atoms with Gasteiger partial charge in [0.05, 0.1) is 16.9 Å². The van der Waals surface area contributed by atoms with Crippen LogP contribution in [0.25, 0.3) is 0 Å². The normalized spacial score (nSPS) is 13.8. The molecule has 1 aliphatic rings. The highest BCUT2D eigenvalue weighted by Crippen LogP contribution is 2.32. The van der Waals surface area contributed by atoms with E-state index in [2.05, 4.69) is 4.98 Å². The molecule has 2 aromatic rings. The summed E-state index contributed by atoms with van der Waals surface area (Å²) in [6, 6.07) is 7.79. The minimum Gasteiger partial charge on any atom is -0.397 e. The smallest absolute Gasteiger partial charge is 0.284 e. The van der Waals surface area contributed by atoms with E-state index in [1.807, 2.05) is 0 Å². The third-order valence-electron chi connectivity index (χ3n) is 2.88. The number of nitrogens with two attached hydrogens (primary N) is 1. The molecule has 5 nitrogen and oxygen atoms in total. The van der Waals surface area contributed by atoms with Gasteiger partial charge in [-0.1, -0.05) is 11.6 Å². The fraction of sp³-hybridized carbons (Fsp3) is 0. The highest BCUT2D eigenvalue weighted by molar-refractivity contribution is 6.35. The predicted octanol–water partition coefficient (Wildman–Crippen LogP) is 2.12. The molecule has 0 radical (unpaired) electrons. The fourth-order valence-corrected chi connectivity index (χ4v) is 2.16. The molecular weight excluding hydrogens is 266 g/mol. The summed E-state index contributed by atoms with van der Waals surface area (Å²) in [5, 5.41) is 0.397. The third-order valence-corrected chi connectivity index (χ3v) is 3.12. The lowest BCUT2D eigenvalue weighted by atomic mass is 10.2. The molecule has 19 heavy (non-hydrogen) atoms. The van der Waals surface area contributed by atoms with E-state index in [4.69, 9.17) is 17.3 Å². The first-order valence-electron chi connectivity index (χ1n) is 5.48. The maximum absolute atomic E-state index is 12.2. The SMILES string of the molecule is Nc1ccc(Cl)cc1N1C(=O)c2cccnc2C1=O. The van der Waals surface area contributed by atoms with E-state index < -0.39 is 11.8 Å². The van der Waals surface area contributed by atoms with Gasteiger partial charge >= 0.3 is 0 Å². The molecule has 0 spiro atoms. The molecule has 2 heterocycles. The Kier molecular flexibility index (Phi) is 2.50. The molecule has 0 saturated carbocycles. The average molecular weight is 274 g/mol. The quantitative estimate of drug-likeness (QED) is 0.638. The zero-order valence-corrected chi connectivity index (χ0v) is 10.4. The van der Waals surface area contributed by atoms with Crippen LogP contribution in [-0.4, -0.2) is 16.8 Å². The van der Waals surface area contributed by atoms with Crippen molar-refractivity contribution in [2.45, 2.75) is 0 Å². The molecule has 2 N–H and O–H groups in total. The van der Waals surface area contributed by atoms with Crippen LogP contribution in [0.3, 0.4) is 0 Å². The second-order valence-corrected chi connectivity index (χ2v) is 4.48. The van der Waals surface area contributed by atoms with E-state index in [0.717, 1.165) is 4.90 Å². The number of imide groups is 1. The van der Waals surface area contributed by atoms with Crippen LogP contribution in [0.4, 0.5) is 11.4 Å². The second-order valence-electron chi connectivity index (χ2n) is 4.05. The molecule has 2 amide bonds. The zero-order chi connectivity index (χ0) is 13.6. The number of hydrogen-bond donors (Lipinski definition) is 1. The van der Waals surface area contributed by atoms with Crippen LogP contribution in [0.2, 0.25) is 5.02 Å². The van der Waals surface area contributed by atoms with E-state index in [1.54, 1.807) is 24.3 Å². The molecule has 0 saturated heterocycles. The van der Waals surface area contributed by atoms with Crippen LogP contribution in [0, 0.1) is 0 Å². The van der Waals surface area contributed by atoms with Gasteiger partial charge < -0.3 is 5.73 Å².